The van der Waals surface area contributed by atoms with Crippen molar-refractivity contribution in [3.63, 3.8) is 0 Å². The maximum Gasteiger partial charge on any atom is 0.339 e. The van der Waals surface area contributed by atoms with E-state index in [0.29, 0.717) is 0 Å². The predicted molar refractivity (Wildman–Crippen MR) is 58.4 cm³/mol. The van der Waals surface area contributed by atoms with Crippen molar-refractivity contribution in [1.29, 1.82) is 0 Å². The van der Waals surface area contributed by atoms with E-state index in [4.69, 9.17) is 10.2 Å². The minimum Gasteiger partial charge on any atom is -0.507 e. The molecule has 0 spiro atoms. The van der Waals surface area contributed by atoms with Crippen molar-refractivity contribution in [2.45, 2.75) is 6.92 Å². The number of carbonyl (C=O) groups is 1. The van der Waals surface area contributed by atoms with Crippen molar-refractivity contribution in [3.8, 4) is 5.75 Å². The van der Waals surface area contributed by atoms with E-state index in [2.05, 4.69) is 9.97 Å². The van der Waals surface area contributed by atoms with Crippen molar-refractivity contribution in [1.82, 2.24) is 9.97 Å². The second-order valence-electron chi connectivity index (χ2n) is 3.00. The first kappa shape index (κ1) is 11.8. The van der Waals surface area contributed by atoms with Crippen LogP contribution < -0.4 is 0 Å². The maximum absolute atomic E-state index is 10.3. The Morgan fingerprint density at radius 1 is 1.38 bits per heavy atom. The molecule has 0 aliphatic carbocycles. The predicted octanol–water partition coefficient (Wildman–Crippen LogP) is 1.81. The number of nitrogens with one attached hydrogen (secondary N) is 1. The number of rotatable bonds is 1. The van der Waals surface area contributed by atoms with Crippen molar-refractivity contribution in [3.05, 3.63) is 48.0 Å². The Bertz CT molecular complexity index is 452. The number of aromatic amines is 1. The van der Waals surface area contributed by atoms with E-state index in [1.54, 1.807) is 24.5 Å². The highest BCUT2D eigenvalue weighted by molar-refractivity contribution is 5.90. The van der Waals surface area contributed by atoms with Gasteiger partial charge in [0.2, 0.25) is 0 Å². The minimum absolute atomic E-state index is 0.0671. The molecular weight excluding hydrogens is 208 g/mol. The fourth-order valence-electron chi connectivity index (χ4n) is 0.999. The van der Waals surface area contributed by atoms with Gasteiger partial charge in [0.15, 0.2) is 0 Å². The SMILES string of the molecule is Cc1ncc[nH]1.O=C(O)c1ccccc1O. The zero-order chi connectivity index (χ0) is 12.0. The summed E-state index contributed by atoms with van der Waals surface area (Å²) >= 11 is 0. The Morgan fingerprint density at radius 2 is 2.06 bits per heavy atom. The number of carboxylic acid groups (broad SMARTS) is 1. The lowest BCUT2D eigenvalue weighted by atomic mass is 10.2. The number of imidazole rings is 1. The van der Waals surface area contributed by atoms with Gasteiger partial charge in [0.25, 0.3) is 0 Å². The quantitative estimate of drug-likeness (QED) is 0.684. The molecule has 0 bridgehead atoms. The number of hydrogen-bond acceptors (Lipinski definition) is 3. The second kappa shape index (κ2) is 5.55. The highest BCUT2D eigenvalue weighted by atomic mass is 16.4. The number of nitrogens with zero attached hydrogens (tertiary/aromatic N) is 1. The summed E-state index contributed by atoms with van der Waals surface area (Å²) in [5, 5.41) is 17.3. The molecule has 0 radical (unpaired) electrons. The first-order chi connectivity index (χ1) is 7.61. The van der Waals surface area contributed by atoms with E-state index in [0.717, 1.165) is 5.82 Å². The lowest BCUT2D eigenvalue weighted by Crippen LogP contribution is -1.95. The summed E-state index contributed by atoms with van der Waals surface area (Å²) in [6.45, 7) is 1.92. The van der Waals surface area contributed by atoms with E-state index >= 15 is 0 Å². The average Bonchev–Trinajstić information content (AvgIpc) is 2.70. The summed E-state index contributed by atoms with van der Waals surface area (Å²) in [6.07, 6.45) is 3.53. The number of hydrogen-bond donors (Lipinski definition) is 3. The van der Waals surface area contributed by atoms with Crippen LogP contribution in [0.15, 0.2) is 36.7 Å². The number of aromatic hydroxyl groups is 1. The van der Waals surface area contributed by atoms with Crippen LogP contribution in [-0.2, 0) is 0 Å². The van der Waals surface area contributed by atoms with Crippen LogP contribution in [0.3, 0.4) is 0 Å². The van der Waals surface area contributed by atoms with E-state index in [1.165, 1.54) is 12.1 Å². The molecule has 1 aromatic carbocycles. The molecule has 0 atom stereocenters. The first-order valence-electron chi connectivity index (χ1n) is 4.58. The molecule has 16 heavy (non-hydrogen) atoms. The van der Waals surface area contributed by atoms with Gasteiger partial charge in [-0.3, -0.25) is 0 Å². The van der Waals surface area contributed by atoms with Crippen LogP contribution in [0.25, 0.3) is 0 Å². The molecule has 0 fully saturated rings. The summed E-state index contributed by atoms with van der Waals surface area (Å²) in [4.78, 5) is 17.0. The molecule has 0 unspecified atom stereocenters. The fourth-order valence-corrected chi connectivity index (χ4v) is 0.999. The van der Waals surface area contributed by atoms with Crippen LogP contribution in [0, 0.1) is 6.92 Å². The minimum atomic E-state index is -1.11. The lowest BCUT2D eigenvalue weighted by Gasteiger charge is -1.95. The second-order valence-corrected chi connectivity index (χ2v) is 3.00. The zero-order valence-corrected chi connectivity index (χ0v) is 8.71. The molecule has 5 heteroatoms. The smallest absolute Gasteiger partial charge is 0.339 e. The third-order valence-electron chi connectivity index (χ3n) is 1.77. The Balaban J connectivity index is 0.000000181. The molecule has 0 aliphatic rings. The van der Waals surface area contributed by atoms with E-state index in [1.807, 2.05) is 6.92 Å². The van der Waals surface area contributed by atoms with Crippen LogP contribution in [-0.4, -0.2) is 26.2 Å². The maximum atomic E-state index is 10.3. The Labute approximate surface area is 92.4 Å². The standard InChI is InChI=1S/C7H6O3.C4H6N2/c8-6-4-2-1-3-5(6)7(9)10;1-4-5-2-3-6-4/h1-4,8H,(H,9,10);2-3H,1H3,(H,5,6). The summed E-state index contributed by atoms with van der Waals surface area (Å²) in [5.41, 5.74) is -0.0671. The zero-order valence-electron chi connectivity index (χ0n) is 8.71. The summed E-state index contributed by atoms with van der Waals surface area (Å²) in [7, 11) is 0. The monoisotopic (exact) mass is 220 g/mol. The van der Waals surface area contributed by atoms with Gasteiger partial charge in [-0.2, -0.15) is 0 Å². The van der Waals surface area contributed by atoms with Gasteiger partial charge >= 0.3 is 5.97 Å². The van der Waals surface area contributed by atoms with E-state index in [-0.39, 0.29) is 11.3 Å². The summed E-state index contributed by atoms with van der Waals surface area (Å²) in [5.74, 6) is -0.344. The highest BCUT2D eigenvalue weighted by Gasteiger charge is 2.05. The van der Waals surface area contributed by atoms with Gasteiger partial charge in [-0.15, -0.1) is 0 Å². The van der Waals surface area contributed by atoms with Crippen molar-refractivity contribution in [2.24, 2.45) is 0 Å². The van der Waals surface area contributed by atoms with Gasteiger partial charge in [-0.25, -0.2) is 9.78 Å². The van der Waals surface area contributed by atoms with Gasteiger partial charge < -0.3 is 15.2 Å². The molecule has 84 valence electrons. The van der Waals surface area contributed by atoms with Crippen LogP contribution in [0.2, 0.25) is 0 Å². The molecule has 5 nitrogen and oxygen atoms in total. The van der Waals surface area contributed by atoms with E-state index in [9.17, 15) is 4.79 Å². The van der Waals surface area contributed by atoms with Crippen LogP contribution in [0.5, 0.6) is 5.75 Å². The molecule has 0 amide bonds. The molecule has 2 aromatic rings. The number of para-hydroxylation sites is 1. The molecule has 0 saturated carbocycles. The van der Waals surface area contributed by atoms with Crippen molar-refractivity contribution < 1.29 is 15.0 Å². The van der Waals surface area contributed by atoms with Gasteiger partial charge in [0.1, 0.15) is 17.1 Å². The number of benzene rings is 1. The number of aromatic carboxylic acids is 1. The van der Waals surface area contributed by atoms with Crippen LogP contribution in [0.4, 0.5) is 0 Å². The van der Waals surface area contributed by atoms with Crippen LogP contribution in [0.1, 0.15) is 16.2 Å². The van der Waals surface area contributed by atoms with E-state index < -0.39 is 5.97 Å². The largest absolute Gasteiger partial charge is 0.507 e. The fraction of sp³-hybridized carbons (Fsp3) is 0.0909. The topological polar surface area (TPSA) is 86.2 Å². The van der Waals surface area contributed by atoms with Crippen molar-refractivity contribution >= 4 is 5.97 Å². The van der Waals surface area contributed by atoms with Gasteiger partial charge in [-0.05, 0) is 19.1 Å². The molecule has 0 saturated heterocycles. The number of aromatic nitrogens is 2. The normalized spacial score (nSPS) is 9.06. The molecule has 1 aromatic heterocycles. The lowest BCUT2D eigenvalue weighted by molar-refractivity contribution is 0.0694. The van der Waals surface area contributed by atoms with Gasteiger partial charge in [-0.1, -0.05) is 12.1 Å². The molecule has 2 rings (SSSR count). The Morgan fingerprint density at radius 3 is 2.38 bits per heavy atom. The van der Waals surface area contributed by atoms with Crippen molar-refractivity contribution in [2.75, 3.05) is 0 Å². The summed E-state index contributed by atoms with van der Waals surface area (Å²) in [6, 6.07) is 5.81. The Kier molecular flexibility index (Phi) is 4.08. The summed E-state index contributed by atoms with van der Waals surface area (Å²) < 4.78 is 0. The van der Waals surface area contributed by atoms with Gasteiger partial charge in [0.05, 0.1) is 0 Å². The third kappa shape index (κ3) is 3.45. The average molecular weight is 220 g/mol. The molecule has 3 N–H and O–H groups in total. The highest BCUT2D eigenvalue weighted by Crippen LogP contribution is 2.14. The molecular formula is C11H12N2O3. The molecule has 0 aliphatic heterocycles. The Hall–Kier alpha value is -2.30. The molecule has 1 heterocycles. The third-order valence-corrected chi connectivity index (χ3v) is 1.77. The van der Waals surface area contributed by atoms with Gasteiger partial charge in [0, 0.05) is 12.4 Å². The number of H-pyrrole nitrogens is 1. The number of phenols is 1. The number of carboxylic acids is 1. The number of aryl methyl sites for hydroxylation is 1. The first-order valence-corrected chi connectivity index (χ1v) is 4.58. The van der Waals surface area contributed by atoms with Crippen LogP contribution >= 0.6 is 0 Å².